The minimum absolute atomic E-state index is 0.123. The van der Waals surface area contributed by atoms with Gasteiger partial charge in [0.2, 0.25) is 0 Å². The van der Waals surface area contributed by atoms with Crippen molar-refractivity contribution in [3.8, 4) is 0 Å². The Balaban J connectivity index is 3.17. The molecule has 2 unspecified atom stereocenters. The first-order valence-electron chi connectivity index (χ1n) is 2.50. The Labute approximate surface area is 48.6 Å². The standard InChI is InChI=1S/C5H11O3/c1-4(7)5(8)2-3-6/h3-8H,2H2,1H3. The van der Waals surface area contributed by atoms with Gasteiger partial charge in [-0.05, 0) is 6.92 Å². The first kappa shape index (κ1) is 7.88. The molecule has 0 amide bonds. The molecule has 0 aromatic heterocycles. The summed E-state index contributed by atoms with van der Waals surface area (Å²) in [5, 5.41) is 25.3. The molecule has 0 aliphatic rings. The van der Waals surface area contributed by atoms with Crippen LogP contribution in [0.2, 0.25) is 0 Å². The zero-order valence-electron chi connectivity index (χ0n) is 4.78. The van der Waals surface area contributed by atoms with Gasteiger partial charge in [0.1, 0.15) is 0 Å². The molecule has 0 aromatic rings. The summed E-state index contributed by atoms with van der Waals surface area (Å²) in [5.74, 6) is 0. The lowest BCUT2D eigenvalue weighted by molar-refractivity contribution is 0.0246. The normalized spacial score (nSPS) is 18.0. The van der Waals surface area contributed by atoms with Crippen LogP contribution >= 0.6 is 0 Å². The highest BCUT2D eigenvalue weighted by Gasteiger charge is 2.08. The highest BCUT2D eigenvalue weighted by molar-refractivity contribution is 4.64. The van der Waals surface area contributed by atoms with E-state index in [1.165, 1.54) is 6.92 Å². The van der Waals surface area contributed by atoms with Crippen molar-refractivity contribution in [3.63, 3.8) is 0 Å². The molecule has 0 saturated heterocycles. The van der Waals surface area contributed by atoms with Crippen LogP contribution < -0.4 is 0 Å². The molecule has 0 bridgehead atoms. The second kappa shape index (κ2) is 3.83. The Morgan fingerprint density at radius 2 is 2.00 bits per heavy atom. The molecule has 8 heavy (non-hydrogen) atoms. The third-order valence-electron chi connectivity index (χ3n) is 0.904. The van der Waals surface area contributed by atoms with Gasteiger partial charge >= 0.3 is 0 Å². The third kappa shape index (κ3) is 2.96. The molecular weight excluding hydrogens is 108 g/mol. The summed E-state index contributed by atoms with van der Waals surface area (Å²) in [6, 6.07) is 0. The largest absolute Gasteiger partial charge is 0.391 e. The van der Waals surface area contributed by atoms with E-state index >= 15 is 0 Å². The van der Waals surface area contributed by atoms with Gasteiger partial charge in [-0.2, -0.15) is 0 Å². The van der Waals surface area contributed by atoms with E-state index < -0.39 is 12.2 Å². The van der Waals surface area contributed by atoms with E-state index in [0.29, 0.717) is 0 Å². The second-order valence-electron chi connectivity index (χ2n) is 1.73. The molecule has 1 radical (unpaired) electrons. The maximum Gasteiger partial charge on any atom is 0.0825 e. The van der Waals surface area contributed by atoms with Crippen LogP contribution in [0.5, 0.6) is 0 Å². The quantitative estimate of drug-likeness (QED) is 0.476. The van der Waals surface area contributed by atoms with Crippen molar-refractivity contribution in [2.24, 2.45) is 0 Å². The molecule has 0 heterocycles. The van der Waals surface area contributed by atoms with Gasteiger partial charge in [0.25, 0.3) is 0 Å². The van der Waals surface area contributed by atoms with E-state index in [-0.39, 0.29) is 6.42 Å². The van der Waals surface area contributed by atoms with E-state index in [2.05, 4.69) is 0 Å². The van der Waals surface area contributed by atoms with Crippen LogP contribution in [0.15, 0.2) is 0 Å². The predicted molar refractivity (Wildman–Crippen MR) is 28.5 cm³/mol. The molecule has 3 N–H and O–H groups in total. The Morgan fingerprint density at radius 3 is 2.12 bits per heavy atom. The van der Waals surface area contributed by atoms with Gasteiger partial charge in [-0.15, -0.1) is 0 Å². The van der Waals surface area contributed by atoms with Crippen LogP contribution in [0.1, 0.15) is 13.3 Å². The minimum atomic E-state index is -0.833. The SMILES string of the molecule is CC(O)C(O)C[CH]O. The topological polar surface area (TPSA) is 60.7 Å². The van der Waals surface area contributed by atoms with E-state index in [4.69, 9.17) is 15.3 Å². The van der Waals surface area contributed by atoms with Crippen molar-refractivity contribution < 1.29 is 15.3 Å². The monoisotopic (exact) mass is 119 g/mol. The summed E-state index contributed by atoms with van der Waals surface area (Å²) >= 11 is 0. The van der Waals surface area contributed by atoms with E-state index in [1.807, 2.05) is 0 Å². The van der Waals surface area contributed by atoms with Crippen molar-refractivity contribution >= 4 is 0 Å². The maximum atomic E-state index is 8.69. The van der Waals surface area contributed by atoms with Gasteiger partial charge in [0, 0.05) is 6.42 Å². The molecule has 0 fully saturated rings. The van der Waals surface area contributed by atoms with Crippen molar-refractivity contribution in [3.05, 3.63) is 6.61 Å². The number of aliphatic hydroxyl groups is 3. The van der Waals surface area contributed by atoms with Gasteiger partial charge in [-0.1, -0.05) is 0 Å². The lowest BCUT2D eigenvalue weighted by Crippen LogP contribution is -2.22. The van der Waals surface area contributed by atoms with Gasteiger partial charge < -0.3 is 15.3 Å². The molecule has 0 aliphatic heterocycles. The van der Waals surface area contributed by atoms with Crippen molar-refractivity contribution in [2.75, 3.05) is 0 Å². The molecule has 49 valence electrons. The zero-order valence-corrected chi connectivity index (χ0v) is 4.78. The lowest BCUT2D eigenvalue weighted by atomic mass is 10.2. The summed E-state index contributed by atoms with van der Waals surface area (Å²) < 4.78 is 0. The first-order chi connectivity index (χ1) is 3.68. The molecule has 0 saturated carbocycles. The molecule has 3 nitrogen and oxygen atoms in total. The summed E-state index contributed by atoms with van der Waals surface area (Å²) in [6.07, 6.45) is -1.48. The smallest absolute Gasteiger partial charge is 0.0825 e. The fraction of sp³-hybridized carbons (Fsp3) is 0.800. The first-order valence-corrected chi connectivity index (χ1v) is 2.50. The molecule has 0 aliphatic carbocycles. The summed E-state index contributed by atoms with van der Waals surface area (Å²) in [5.41, 5.74) is 0. The van der Waals surface area contributed by atoms with Gasteiger partial charge in [0.15, 0.2) is 0 Å². The van der Waals surface area contributed by atoms with E-state index in [0.717, 1.165) is 6.61 Å². The predicted octanol–water partition coefficient (Wildman–Crippen LogP) is -0.348. The Bertz CT molecular complexity index is 53.6. The fourth-order valence-corrected chi connectivity index (χ4v) is 0.305. The lowest BCUT2D eigenvalue weighted by Gasteiger charge is -2.09. The minimum Gasteiger partial charge on any atom is -0.391 e. The maximum absolute atomic E-state index is 8.69. The second-order valence-corrected chi connectivity index (χ2v) is 1.73. The average molecular weight is 119 g/mol. The highest BCUT2D eigenvalue weighted by atomic mass is 16.3. The summed E-state index contributed by atoms with van der Waals surface area (Å²) in [6.45, 7) is 2.30. The van der Waals surface area contributed by atoms with Crippen LogP contribution in [0.4, 0.5) is 0 Å². The Hall–Kier alpha value is -0.120. The van der Waals surface area contributed by atoms with Crippen LogP contribution in [0, 0.1) is 6.61 Å². The molecule has 3 heteroatoms. The van der Waals surface area contributed by atoms with E-state index in [1.54, 1.807) is 0 Å². The van der Waals surface area contributed by atoms with Crippen LogP contribution in [-0.2, 0) is 0 Å². The number of hydrogen-bond acceptors (Lipinski definition) is 3. The molecule has 0 rings (SSSR count). The van der Waals surface area contributed by atoms with Gasteiger partial charge in [0.05, 0.1) is 18.8 Å². The van der Waals surface area contributed by atoms with Crippen molar-refractivity contribution in [1.29, 1.82) is 0 Å². The molecular formula is C5H11O3. The Morgan fingerprint density at radius 1 is 1.50 bits per heavy atom. The third-order valence-corrected chi connectivity index (χ3v) is 0.904. The van der Waals surface area contributed by atoms with Crippen LogP contribution in [0.25, 0.3) is 0 Å². The van der Waals surface area contributed by atoms with Crippen molar-refractivity contribution in [2.45, 2.75) is 25.6 Å². The van der Waals surface area contributed by atoms with Gasteiger partial charge in [-0.3, -0.25) is 0 Å². The molecule has 2 atom stereocenters. The zero-order chi connectivity index (χ0) is 6.57. The number of aliphatic hydroxyl groups excluding tert-OH is 3. The summed E-state index contributed by atoms with van der Waals surface area (Å²) in [7, 11) is 0. The van der Waals surface area contributed by atoms with E-state index in [9.17, 15) is 0 Å². The number of rotatable bonds is 3. The van der Waals surface area contributed by atoms with Gasteiger partial charge in [-0.25, -0.2) is 0 Å². The average Bonchev–Trinajstić information content (AvgIpc) is 1.67. The number of hydrogen-bond donors (Lipinski definition) is 3. The van der Waals surface area contributed by atoms with Crippen molar-refractivity contribution in [1.82, 2.24) is 0 Å². The molecule has 0 spiro atoms. The fourth-order valence-electron chi connectivity index (χ4n) is 0.305. The summed E-state index contributed by atoms with van der Waals surface area (Å²) in [4.78, 5) is 0. The van der Waals surface area contributed by atoms with Crippen LogP contribution in [-0.4, -0.2) is 27.5 Å². The highest BCUT2D eigenvalue weighted by Crippen LogP contribution is 1.97. The molecule has 0 aromatic carbocycles. The van der Waals surface area contributed by atoms with Crippen LogP contribution in [0.3, 0.4) is 0 Å². The Kier molecular flexibility index (Phi) is 3.77.